The van der Waals surface area contributed by atoms with Crippen LogP contribution in [0.5, 0.6) is 11.5 Å². The molecule has 1 amide bonds. The summed E-state index contributed by atoms with van der Waals surface area (Å²) in [6, 6.07) is 8.13. The van der Waals surface area contributed by atoms with E-state index >= 15 is 0 Å². The number of rotatable bonds is 8. The lowest BCUT2D eigenvalue weighted by Crippen LogP contribution is -2.23. The van der Waals surface area contributed by atoms with Crippen molar-refractivity contribution in [2.75, 3.05) is 25.6 Å². The average molecular weight is 411 g/mol. The molecule has 2 rings (SSSR count). The minimum absolute atomic E-state index is 0.121. The Bertz CT molecular complexity index is 881. The van der Waals surface area contributed by atoms with Crippen LogP contribution in [0.25, 0.3) is 0 Å². The van der Waals surface area contributed by atoms with Crippen LogP contribution in [0.15, 0.2) is 42.5 Å². The summed E-state index contributed by atoms with van der Waals surface area (Å²) in [6.07, 6.45) is -3.86. The monoisotopic (exact) mass is 411 g/mol. The van der Waals surface area contributed by atoms with Gasteiger partial charge in [0, 0.05) is 11.3 Å². The zero-order chi connectivity index (χ0) is 21.4. The number of alkyl halides is 3. The molecule has 1 N–H and O–H groups in total. The van der Waals surface area contributed by atoms with Crippen molar-refractivity contribution < 1.29 is 41.8 Å². The molecule has 0 saturated carbocycles. The van der Waals surface area contributed by atoms with Crippen molar-refractivity contribution in [3.05, 3.63) is 53.6 Å². The van der Waals surface area contributed by atoms with Gasteiger partial charge in [-0.15, -0.1) is 0 Å². The van der Waals surface area contributed by atoms with E-state index in [4.69, 9.17) is 14.2 Å². The Kier molecular flexibility index (Phi) is 7.18. The number of hydrogen-bond acceptors (Lipinski definition) is 6. The predicted octanol–water partition coefficient (Wildman–Crippen LogP) is 3.09. The third-order valence-electron chi connectivity index (χ3n) is 3.53. The van der Waals surface area contributed by atoms with E-state index < -0.39 is 36.8 Å². The number of benzene rings is 2. The van der Waals surface area contributed by atoms with Gasteiger partial charge in [-0.3, -0.25) is 9.59 Å². The molecule has 0 fully saturated rings. The molecule has 7 nitrogen and oxygen atoms in total. The normalized spacial score (nSPS) is 10.8. The van der Waals surface area contributed by atoms with Crippen LogP contribution in [0, 0.1) is 0 Å². The average Bonchev–Trinajstić information content (AvgIpc) is 2.70. The SMILES string of the molecule is COc1cc(C=O)ccc1OCC(=O)OCC(=O)Nc1ccc(C(F)(F)F)cc1. The first kappa shape index (κ1) is 21.7. The molecule has 2 aromatic carbocycles. The fourth-order valence-corrected chi connectivity index (χ4v) is 2.14. The molecule has 0 atom stereocenters. The number of aldehydes is 1. The number of ether oxygens (including phenoxy) is 3. The van der Waals surface area contributed by atoms with Crippen LogP contribution in [0.3, 0.4) is 0 Å². The van der Waals surface area contributed by atoms with E-state index in [-0.39, 0.29) is 17.2 Å². The summed E-state index contributed by atoms with van der Waals surface area (Å²) >= 11 is 0. The van der Waals surface area contributed by atoms with Gasteiger partial charge in [0.15, 0.2) is 24.7 Å². The number of carbonyl (C=O) groups excluding carboxylic acids is 3. The van der Waals surface area contributed by atoms with Gasteiger partial charge < -0.3 is 19.5 Å². The number of amides is 1. The summed E-state index contributed by atoms with van der Waals surface area (Å²) in [5.74, 6) is -1.15. The first-order valence-corrected chi connectivity index (χ1v) is 8.11. The Morgan fingerprint density at radius 2 is 1.72 bits per heavy atom. The van der Waals surface area contributed by atoms with Crippen LogP contribution in [0.2, 0.25) is 0 Å². The van der Waals surface area contributed by atoms with E-state index in [1.54, 1.807) is 0 Å². The lowest BCUT2D eigenvalue weighted by atomic mass is 10.2. The molecule has 0 bridgehead atoms. The molecule has 0 saturated heterocycles. The lowest BCUT2D eigenvalue weighted by molar-refractivity contribution is -0.149. The fourth-order valence-electron chi connectivity index (χ4n) is 2.14. The zero-order valence-electron chi connectivity index (χ0n) is 15.1. The van der Waals surface area contributed by atoms with E-state index in [0.29, 0.717) is 11.8 Å². The summed E-state index contributed by atoms with van der Waals surface area (Å²) in [6.45, 7) is -1.17. The molecule has 10 heteroatoms. The van der Waals surface area contributed by atoms with Crippen LogP contribution < -0.4 is 14.8 Å². The molecular weight excluding hydrogens is 395 g/mol. The number of nitrogens with one attached hydrogen (secondary N) is 1. The third kappa shape index (κ3) is 6.52. The largest absolute Gasteiger partial charge is 0.493 e. The van der Waals surface area contributed by atoms with Crippen molar-refractivity contribution in [1.82, 2.24) is 0 Å². The van der Waals surface area contributed by atoms with Crippen molar-refractivity contribution in [3.63, 3.8) is 0 Å². The second-order valence-electron chi connectivity index (χ2n) is 5.60. The lowest BCUT2D eigenvalue weighted by Gasteiger charge is -2.11. The summed E-state index contributed by atoms with van der Waals surface area (Å²) in [5.41, 5.74) is -0.373. The minimum atomic E-state index is -4.48. The van der Waals surface area contributed by atoms with Gasteiger partial charge in [-0.1, -0.05) is 0 Å². The molecule has 0 radical (unpaired) electrons. The van der Waals surface area contributed by atoms with Gasteiger partial charge in [-0.2, -0.15) is 13.2 Å². The van der Waals surface area contributed by atoms with Gasteiger partial charge in [-0.05, 0) is 42.5 Å². The zero-order valence-corrected chi connectivity index (χ0v) is 15.1. The molecule has 0 aliphatic carbocycles. The maximum absolute atomic E-state index is 12.5. The highest BCUT2D eigenvalue weighted by atomic mass is 19.4. The van der Waals surface area contributed by atoms with E-state index in [2.05, 4.69) is 5.32 Å². The molecule has 2 aromatic rings. The van der Waals surface area contributed by atoms with Gasteiger partial charge >= 0.3 is 12.1 Å². The molecule has 0 aliphatic rings. The second-order valence-corrected chi connectivity index (χ2v) is 5.60. The van der Waals surface area contributed by atoms with Crippen molar-refractivity contribution >= 4 is 23.9 Å². The Labute approximate surface area is 163 Å². The van der Waals surface area contributed by atoms with Crippen LogP contribution in [-0.4, -0.2) is 38.5 Å². The topological polar surface area (TPSA) is 90.9 Å². The first-order chi connectivity index (χ1) is 13.7. The Morgan fingerprint density at radius 3 is 2.31 bits per heavy atom. The summed E-state index contributed by atoms with van der Waals surface area (Å²) in [5, 5.41) is 2.30. The van der Waals surface area contributed by atoms with Gasteiger partial charge in [-0.25, -0.2) is 4.79 Å². The van der Waals surface area contributed by atoms with Gasteiger partial charge in [0.1, 0.15) is 6.29 Å². The molecule has 0 spiro atoms. The second kappa shape index (κ2) is 9.58. The quantitative estimate of drug-likeness (QED) is 0.530. The van der Waals surface area contributed by atoms with Crippen LogP contribution in [0.1, 0.15) is 15.9 Å². The molecule has 0 heterocycles. The number of methoxy groups -OCH3 is 1. The number of carbonyl (C=O) groups is 3. The van der Waals surface area contributed by atoms with E-state index in [9.17, 15) is 27.6 Å². The highest BCUT2D eigenvalue weighted by Gasteiger charge is 2.30. The van der Waals surface area contributed by atoms with Crippen molar-refractivity contribution in [3.8, 4) is 11.5 Å². The molecule has 0 aliphatic heterocycles. The standard InChI is InChI=1S/C19H16F3NO6/c1-27-16-8-12(9-24)2-7-15(16)28-11-18(26)29-10-17(25)23-14-5-3-13(4-6-14)19(20,21)22/h2-9H,10-11H2,1H3,(H,23,25). The highest BCUT2D eigenvalue weighted by molar-refractivity contribution is 5.92. The fraction of sp³-hybridized carbons (Fsp3) is 0.211. The number of esters is 1. The smallest absolute Gasteiger partial charge is 0.416 e. The predicted molar refractivity (Wildman–Crippen MR) is 94.9 cm³/mol. The van der Waals surface area contributed by atoms with E-state index in [1.165, 1.54) is 25.3 Å². The Balaban J connectivity index is 1.80. The Hall–Kier alpha value is -3.56. The third-order valence-corrected chi connectivity index (χ3v) is 3.53. The van der Waals surface area contributed by atoms with Gasteiger partial charge in [0.25, 0.3) is 5.91 Å². The maximum atomic E-state index is 12.5. The minimum Gasteiger partial charge on any atom is -0.493 e. The van der Waals surface area contributed by atoms with E-state index in [0.717, 1.165) is 24.3 Å². The van der Waals surface area contributed by atoms with Crippen molar-refractivity contribution in [1.29, 1.82) is 0 Å². The highest BCUT2D eigenvalue weighted by Crippen LogP contribution is 2.30. The molecule has 0 aromatic heterocycles. The van der Waals surface area contributed by atoms with E-state index in [1.807, 2.05) is 0 Å². The Morgan fingerprint density at radius 1 is 1.03 bits per heavy atom. The molecule has 29 heavy (non-hydrogen) atoms. The summed E-state index contributed by atoms with van der Waals surface area (Å²) in [4.78, 5) is 34.2. The molecule has 0 unspecified atom stereocenters. The number of hydrogen-bond donors (Lipinski definition) is 1. The molecule has 154 valence electrons. The number of anilines is 1. The van der Waals surface area contributed by atoms with Gasteiger partial charge in [0.05, 0.1) is 12.7 Å². The van der Waals surface area contributed by atoms with Crippen molar-refractivity contribution in [2.45, 2.75) is 6.18 Å². The van der Waals surface area contributed by atoms with Crippen molar-refractivity contribution in [2.24, 2.45) is 0 Å². The summed E-state index contributed by atoms with van der Waals surface area (Å²) < 4.78 is 52.5. The number of halogens is 3. The maximum Gasteiger partial charge on any atom is 0.416 e. The van der Waals surface area contributed by atoms with Crippen LogP contribution >= 0.6 is 0 Å². The van der Waals surface area contributed by atoms with Crippen LogP contribution in [-0.2, 0) is 20.5 Å². The first-order valence-electron chi connectivity index (χ1n) is 8.11. The van der Waals surface area contributed by atoms with Gasteiger partial charge in [0.2, 0.25) is 0 Å². The van der Waals surface area contributed by atoms with Crippen LogP contribution in [0.4, 0.5) is 18.9 Å². The summed E-state index contributed by atoms with van der Waals surface area (Å²) in [7, 11) is 1.36. The molecular formula is C19H16F3NO6.